The van der Waals surface area contributed by atoms with E-state index in [4.69, 9.17) is 4.74 Å². The van der Waals surface area contributed by atoms with Gasteiger partial charge in [0.2, 0.25) is 0 Å². The SMILES string of the molecule is CC[C@@H]1CN(CCn2cncn2)CCN1CCOC. The molecule has 1 aliphatic heterocycles. The molecule has 0 unspecified atom stereocenters. The largest absolute Gasteiger partial charge is 0.383 e. The number of nitrogens with zero attached hydrogens (tertiary/aromatic N) is 5. The van der Waals surface area contributed by atoms with Crippen molar-refractivity contribution in [3.05, 3.63) is 12.7 Å². The van der Waals surface area contributed by atoms with Crippen molar-refractivity contribution in [2.24, 2.45) is 0 Å². The molecule has 0 spiro atoms. The van der Waals surface area contributed by atoms with E-state index in [1.807, 2.05) is 4.68 Å². The zero-order valence-corrected chi connectivity index (χ0v) is 12.0. The molecule has 0 saturated carbocycles. The summed E-state index contributed by atoms with van der Waals surface area (Å²) in [5, 5.41) is 4.15. The molecule has 6 heteroatoms. The summed E-state index contributed by atoms with van der Waals surface area (Å²) in [6.07, 6.45) is 4.58. The van der Waals surface area contributed by atoms with Gasteiger partial charge in [0, 0.05) is 45.9 Å². The van der Waals surface area contributed by atoms with Crippen LogP contribution in [0, 0.1) is 0 Å². The predicted molar refractivity (Wildman–Crippen MR) is 74.0 cm³/mol. The fourth-order valence-electron chi connectivity index (χ4n) is 2.64. The maximum atomic E-state index is 5.19. The van der Waals surface area contributed by atoms with Crippen molar-refractivity contribution in [3.63, 3.8) is 0 Å². The molecule has 1 atom stereocenters. The van der Waals surface area contributed by atoms with Crippen molar-refractivity contribution < 1.29 is 4.74 Å². The van der Waals surface area contributed by atoms with Crippen LogP contribution in [-0.4, -0.2) is 77.0 Å². The summed E-state index contributed by atoms with van der Waals surface area (Å²) in [6.45, 7) is 9.54. The molecule has 0 radical (unpaired) electrons. The molecule has 1 aromatic rings. The summed E-state index contributed by atoms with van der Waals surface area (Å²) < 4.78 is 7.09. The lowest BCUT2D eigenvalue weighted by atomic mass is 10.1. The molecule has 1 fully saturated rings. The summed E-state index contributed by atoms with van der Waals surface area (Å²) in [4.78, 5) is 9.05. The number of piperazine rings is 1. The Labute approximate surface area is 115 Å². The molecule has 0 amide bonds. The fraction of sp³-hybridized carbons (Fsp3) is 0.846. The van der Waals surface area contributed by atoms with Crippen molar-refractivity contribution in [1.29, 1.82) is 0 Å². The Morgan fingerprint density at radius 1 is 1.26 bits per heavy atom. The molecule has 19 heavy (non-hydrogen) atoms. The van der Waals surface area contributed by atoms with Gasteiger partial charge in [0.05, 0.1) is 13.2 Å². The van der Waals surface area contributed by atoms with Gasteiger partial charge in [0.25, 0.3) is 0 Å². The molecular weight excluding hydrogens is 242 g/mol. The van der Waals surface area contributed by atoms with Gasteiger partial charge in [-0.15, -0.1) is 0 Å². The van der Waals surface area contributed by atoms with Gasteiger partial charge in [-0.25, -0.2) is 4.98 Å². The number of hydrogen-bond acceptors (Lipinski definition) is 5. The van der Waals surface area contributed by atoms with Crippen LogP contribution in [0.2, 0.25) is 0 Å². The van der Waals surface area contributed by atoms with Gasteiger partial charge >= 0.3 is 0 Å². The predicted octanol–water partition coefficient (Wildman–Crippen LogP) is 0.321. The van der Waals surface area contributed by atoms with E-state index in [0.717, 1.165) is 45.9 Å². The van der Waals surface area contributed by atoms with Crippen molar-refractivity contribution in [2.45, 2.75) is 25.9 Å². The maximum absolute atomic E-state index is 5.19. The van der Waals surface area contributed by atoms with E-state index >= 15 is 0 Å². The van der Waals surface area contributed by atoms with Crippen LogP contribution in [0.25, 0.3) is 0 Å². The average molecular weight is 267 g/mol. The second-order valence-electron chi connectivity index (χ2n) is 5.05. The number of ether oxygens (including phenoxy) is 1. The minimum atomic E-state index is 0.652. The first-order chi connectivity index (χ1) is 9.33. The molecular formula is C13H25N5O. The molecule has 6 nitrogen and oxygen atoms in total. The van der Waals surface area contributed by atoms with E-state index in [2.05, 4.69) is 26.8 Å². The number of rotatable bonds is 7. The zero-order valence-electron chi connectivity index (χ0n) is 12.0. The van der Waals surface area contributed by atoms with Crippen LogP contribution in [0.4, 0.5) is 0 Å². The normalized spacial score (nSPS) is 21.9. The van der Waals surface area contributed by atoms with Gasteiger partial charge in [-0.05, 0) is 6.42 Å². The lowest BCUT2D eigenvalue weighted by Gasteiger charge is -2.41. The first-order valence-electron chi connectivity index (χ1n) is 7.11. The Kier molecular flexibility index (Phi) is 5.75. The number of methoxy groups -OCH3 is 1. The van der Waals surface area contributed by atoms with Crippen molar-refractivity contribution >= 4 is 0 Å². The molecule has 2 rings (SSSR count). The molecule has 1 saturated heterocycles. The van der Waals surface area contributed by atoms with Gasteiger partial charge < -0.3 is 4.74 Å². The highest BCUT2D eigenvalue weighted by Gasteiger charge is 2.24. The minimum absolute atomic E-state index is 0.652. The number of aromatic nitrogens is 3. The van der Waals surface area contributed by atoms with Crippen molar-refractivity contribution in [1.82, 2.24) is 24.6 Å². The molecule has 1 aliphatic rings. The van der Waals surface area contributed by atoms with Gasteiger partial charge in [-0.2, -0.15) is 5.10 Å². The average Bonchev–Trinajstić information content (AvgIpc) is 2.96. The summed E-state index contributed by atoms with van der Waals surface area (Å²) in [6, 6.07) is 0.652. The fourth-order valence-corrected chi connectivity index (χ4v) is 2.64. The van der Waals surface area contributed by atoms with Gasteiger partial charge in [-0.3, -0.25) is 14.5 Å². The van der Waals surface area contributed by atoms with Gasteiger partial charge in [-0.1, -0.05) is 6.92 Å². The van der Waals surface area contributed by atoms with E-state index in [1.54, 1.807) is 19.8 Å². The first-order valence-corrected chi connectivity index (χ1v) is 7.11. The first kappa shape index (κ1) is 14.4. The maximum Gasteiger partial charge on any atom is 0.137 e. The molecule has 2 heterocycles. The summed E-state index contributed by atoms with van der Waals surface area (Å²) >= 11 is 0. The highest BCUT2D eigenvalue weighted by Crippen LogP contribution is 2.12. The quantitative estimate of drug-likeness (QED) is 0.712. The Bertz CT molecular complexity index is 343. The summed E-state index contributed by atoms with van der Waals surface area (Å²) in [7, 11) is 1.77. The second-order valence-corrected chi connectivity index (χ2v) is 5.05. The standard InChI is InChI=1S/C13H25N5O/c1-3-13-10-16(4-6-17(13)8-9-19-2)5-7-18-12-14-11-15-18/h11-13H,3-10H2,1-2H3/t13-/m1/s1. The van der Waals surface area contributed by atoms with Crippen LogP contribution in [0.3, 0.4) is 0 Å². The van der Waals surface area contributed by atoms with Crippen LogP contribution < -0.4 is 0 Å². The second kappa shape index (κ2) is 7.57. The molecule has 1 aromatic heterocycles. The van der Waals surface area contributed by atoms with Crippen LogP contribution in [0.1, 0.15) is 13.3 Å². The monoisotopic (exact) mass is 267 g/mol. The van der Waals surface area contributed by atoms with Crippen LogP contribution >= 0.6 is 0 Å². The Morgan fingerprint density at radius 3 is 2.84 bits per heavy atom. The summed E-state index contributed by atoms with van der Waals surface area (Å²) in [5.74, 6) is 0. The van der Waals surface area contributed by atoms with E-state index in [-0.39, 0.29) is 0 Å². The molecule has 0 aromatic carbocycles. The lowest BCUT2D eigenvalue weighted by Crippen LogP contribution is -2.54. The molecule has 0 aliphatic carbocycles. The van der Waals surface area contributed by atoms with E-state index < -0.39 is 0 Å². The third-order valence-corrected chi connectivity index (χ3v) is 3.85. The topological polar surface area (TPSA) is 46.4 Å². The van der Waals surface area contributed by atoms with Crippen LogP contribution in [0.15, 0.2) is 12.7 Å². The Hall–Kier alpha value is -0.980. The van der Waals surface area contributed by atoms with Gasteiger partial charge in [0.1, 0.15) is 12.7 Å². The lowest BCUT2D eigenvalue weighted by molar-refractivity contribution is 0.0480. The third-order valence-electron chi connectivity index (χ3n) is 3.85. The van der Waals surface area contributed by atoms with Gasteiger partial charge in [0.15, 0.2) is 0 Å². The van der Waals surface area contributed by atoms with E-state index in [9.17, 15) is 0 Å². The Balaban J connectivity index is 1.76. The smallest absolute Gasteiger partial charge is 0.137 e. The Morgan fingerprint density at radius 2 is 2.16 bits per heavy atom. The minimum Gasteiger partial charge on any atom is -0.383 e. The van der Waals surface area contributed by atoms with Crippen molar-refractivity contribution in [2.75, 3.05) is 46.4 Å². The van der Waals surface area contributed by atoms with E-state index in [0.29, 0.717) is 6.04 Å². The summed E-state index contributed by atoms with van der Waals surface area (Å²) in [5.41, 5.74) is 0. The highest BCUT2D eigenvalue weighted by atomic mass is 16.5. The van der Waals surface area contributed by atoms with E-state index in [1.165, 1.54) is 6.42 Å². The third kappa shape index (κ3) is 4.26. The molecule has 108 valence electrons. The van der Waals surface area contributed by atoms with Crippen LogP contribution in [-0.2, 0) is 11.3 Å². The zero-order chi connectivity index (χ0) is 13.5. The number of hydrogen-bond donors (Lipinski definition) is 0. The van der Waals surface area contributed by atoms with Crippen LogP contribution in [0.5, 0.6) is 0 Å². The van der Waals surface area contributed by atoms with Crippen molar-refractivity contribution in [3.8, 4) is 0 Å². The highest BCUT2D eigenvalue weighted by molar-refractivity contribution is 4.81. The molecule has 0 bridgehead atoms. The molecule has 0 N–H and O–H groups in total.